The summed E-state index contributed by atoms with van der Waals surface area (Å²) in [5, 5.41) is 15.0. The largest absolute Gasteiger partial charge is 0.506 e. The number of phenolic OH excluding ortho intramolecular Hbond substituents is 1. The first-order valence-electron chi connectivity index (χ1n) is 7.11. The van der Waals surface area contributed by atoms with Gasteiger partial charge in [0.2, 0.25) is 0 Å². The number of halogens is 2. The lowest BCUT2D eigenvalue weighted by atomic mass is 10.1. The molecule has 0 fully saturated rings. The van der Waals surface area contributed by atoms with Crippen LogP contribution in [0.3, 0.4) is 0 Å². The van der Waals surface area contributed by atoms with Crippen LogP contribution in [0, 0.1) is 6.92 Å². The van der Waals surface area contributed by atoms with E-state index in [2.05, 4.69) is 10.5 Å². The highest BCUT2D eigenvalue weighted by molar-refractivity contribution is 6.37. The zero-order valence-corrected chi connectivity index (χ0v) is 13.9. The van der Waals surface area contributed by atoms with Gasteiger partial charge in [-0.15, -0.1) is 0 Å². The van der Waals surface area contributed by atoms with Crippen molar-refractivity contribution >= 4 is 34.8 Å². The quantitative estimate of drug-likeness (QED) is 0.803. The maximum atomic E-state index is 12.1. The second kappa shape index (κ2) is 6.22. The topological polar surface area (TPSA) is 61.7 Å². The molecule has 23 heavy (non-hydrogen) atoms. The van der Waals surface area contributed by atoms with Crippen LogP contribution in [-0.2, 0) is 6.42 Å². The van der Waals surface area contributed by atoms with Crippen molar-refractivity contribution in [2.24, 2.45) is 5.10 Å². The van der Waals surface area contributed by atoms with Crippen LogP contribution in [0.2, 0.25) is 10.0 Å². The number of phenols is 1. The third-order valence-corrected chi connectivity index (χ3v) is 4.44. The number of carbonyl (C=O) groups excluding carboxylic acids is 1. The predicted octanol–water partition coefficient (Wildman–Crippen LogP) is 4.09. The molecule has 0 bridgehead atoms. The van der Waals surface area contributed by atoms with Gasteiger partial charge in [0.15, 0.2) is 0 Å². The van der Waals surface area contributed by atoms with Gasteiger partial charge in [-0.1, -0.05) is 40.9 Å². The van der Waals surface area contributed by atoms with Crippen LogP contribution >= 0.6 is 23.2 Å². The Morgan fingerprint density at radius 3 is 2.57 bits per heavy atom. The van der Waals surface area contributed by atoms with E-state index in [1.165, 1.54) is 6.07 Å². The predicted molar refractivity (Wildman–Crippen MR) is 91.6 cm³/mol. The highest BCUT2D eigenvalue weighted by Crippen LogP contribution is 2.40. The molecule has 0 saturated carbocycles. The van der Waals surface area contributed by atoms with E-state index >= 15 is 0 Å². The summed E-state index contributed by atoms with van der Waals surface area (Å²) in [5.41, 5.74) is 6.01. The summed E-state index contributed by atoms with van der Waals surface area (Å²) < 4.78 is 0. The first-order chi connectivity index (χ1) is 11.0. The Morgan fingerprint density at radius 2 is 1.87 bits per heavy atom. The van der Waals surface area contributed by atoms with Crippen molar-refractivity contribution in [2.75, 3.05) is 0 Å². The maximum Gasteiger partial charge on any atom is 0.271 e. The number of fused-ring (bicyclic) bond motifs is 1. The number of benzene rings is 2. The van der Waals surface area contributed by atoms with Gasteiger partial charge in [0.05, 0.1) is 10.7 Å². The molecular weight excluding hydrogens is 335 g/mol. The molecule has 2 aromatic carbocycles. The fourth-order valence-electron chi connectivity index (χ4n) is 2.57. The Kier molecular flexibility index (Phi) is 4.28. The van der Waals surface area contributed by atoms with E-state index in [1.54, 1.807) is 12.1 Å². The lowest BCUT2D eigenvalue weighted by molar-refractivity contribution is 0.0955. The summed E-state index contributed by atoms with van der Waals surface area (Å²) in [6.45, 7) is 1.95. The van der Waals surface area contributed by atoms with E-state index < -0.39 is 0 Å². The third-order valence-electron chi connectivity index (χ3n) is 3.81. The monoisotopic (exact) mass is 348 g/mol. The SMILES string of the molecule is Cc1ccc(C(=O)NN=C2CCc3c(Cl)cc(Cl)c(O)c32)cc1. The van der Waals surface area contributed by atoms with Crippen molar-refractivity contribution in [2.45, 2.75) is 19.8 Å². The Labute approximate surface area is 143 Å². The summed E-state index contributed by atoms with van der Waals surface area (Å²) in [6.07, 6.45) is 1.23. The standard InChI is InChI=1S/C17H14Cl2N2O2/c1-9-2-4-10(5-3-9)17(23)21-20-14-7-6-11-12(18)8-13(19)16(22)15(11)14/h2-5,8,22H,6-7H2,1H3,(H,21,23). The van der Waals surface area contributed by atoms with Crippen molar-refractivity contribution < 1.29 is 9.90 Å². The van der Waals surface area contributed by atoms with E-state index in [9.17, 15) is 9.90 Å². The number of hydrazone groups is 1. The van der Waals surface area contributed by atoms with Gasteiger partial charge in [-0.05, 0) is 43.5 Å². The fraction of sp³-hybridized carbons (Fsp3) is 0.176. The highest BCUT2D eigenvalue weighted by atomic mass is 35.5. The number of rotatable bonds is 2. The van der Waals surface area contributed by atoms with Crippen molar-refractivity contribution in [3.63, 3.8) is 0 Å². The van der Waals surface area contributed by atoms with E-state index in [4.69, 9.17) is 23.2 Å². The van der Waals surface area contributed by atoms with Crippen LogP contribution in [0.4, 0.5) is 0 Å². The number of amides is 1. The number of carbonyl (C=O) groups is 1. The van der Waals surface area contributed by atoms with Crippen LogP contribution < -0.4 is 5.43 Å². The van der Waals surface area contributed by atoms with Crippen LogP contribution in [0.5, 0.6) is 5.75 Å². The lowest BCUT2D eigenvalue weighted by Crippen LogP contribution is -2.19. The molecule has 0 radical (unpaired) electrons. The molecule has 1 aliphatic rings. The molecule has 0 heterocycles. The second-order valence-electron chi connectivity index (χ2n) is 5.41. The molecule has 1 aliphatic carbocycles. The van der Waals surface area contributed by atoms with Gasteiger partial charge in [0.1, 0.15) is 5.75 Å². The molecule has 1 amide bonds. The van der Waals surface area contributed by atoms with Gasteiger partial charge in [-0.2, -0.15) is 5.10 Å². The van der Waals surface area contributed by atoms with Crippen LogP contribution in [0.15, 0.2) is 35.4 Å². The van der Waals surface area contributed by atoms with Crippen molar-refractivity contribution in [1.29, 1.82) is 0 Å². The summed E-state index contributed by atoms with van der Waals surface area (Å²) in [5.74, 6) is -0.356. The molecule has 0 atom stereocenters. The van der Waals surface area contributed by atoms with Gasteiger partial charge in [0.25, 0.3) is 5.91 Å². The molecule has 2 aromatic rings. The summed E-state index contributed by atoms with van der Waals surface area (Å²) in [6, 6.07) is 8.71. The first kappa shape index (κ1) is 15.8. The van der Waals surface area contributed by atoms with E-state index in [1.807, 2.05) is 19.1 Å². The molecule has 2 N–H and O–H groups in total. The number of aryl methyl sites for hydroxylation is 1. The Morgan fingerprint density at radius 1 is 1.17 bits per heavy atom. The third kappa shape index (κ3) is 3.05. The van der Waals surface area contributed by atoms with E-state index in [-0.39, 0.29) is 16.7 Å². The van der Waals surface area contributed by atoms with Crippen LogP contribution in [0.25, 0.3) is 0 Å². The second-order valence-corrected chi connectivity index (χ2v) is 6.22. The van der Waals surface area contributed by atoms with Crippen molar-refractivity contribution in [3.05, 3.63) is 62.6 Å². The molecule has 4 nitrogen and oxygen atoms in total. The van der Waals surface area contributed by atoms with Crippen molar-refractivity contribution in [1.82, 2.24) is 5.43 Å². The highest BCUT2D eigenvalue weighted by Gasteiger charge is 2.26. The molecule has 6 heteroatoms. The van der Waals surface area contributed by atoms with Gasteiger partial charge >= 0.3 is 0 Å². The average Bonchev–Trinajstić information content (AvgIpc) is 2.96. The molecule has 0 aliphatic heterocycles. The van der Waals surface area contributed by atoms with Crippen LogP contribution in [-0.4, -0.2) is 16.7 Å². The minimum absolute atomic E-state index is 0.0492. The molecule has 118 valence electrons. The van der Waals surface area contributed by atoms with E-state index in [0.717, 1.165) is 11.1 Å². The maximum absolute atomic E-state index is 12.1. The molecule has 0 aromatic heterocycles. The number of nitrogens with zero attached hydrogens (tertiary/aromatic N) is 1. The Bertz CT molecular complexity index is 814. The summed E-state index contributed by atoms with van der Waals surface area (Å²) >= 11 is 12.1. The van der Waals surface area contributed by atoms with Gasteiger partial charge in [-0.25, -0.2) is 5.43 Å². The zero-order chi connectivity index (χ0) is 16.6. The number of nitrogens with one attached hydrogen (secondary N) is 1. The Balaban J connectivity index is 1.87. The summed E-state index contributed by atoms with van der Waals surface area (Å²) in [7, 11) is 0. The fourth-order valence-corrected chi connectivity index (χ4v) is 3.13. The lowest BCUT2D eigenvalue weighted by Gasteiger charge is -2.08. The van der Waals surface area contributed by atoms with E-state index in [0.29, 0.717) is 34.7 Å². The number of hydrogen-bond acceptors (Lipinski definition) is 3. The molecule has 0 saturated heterocycles. The minimum atomic E-state index is -0.307. The number of hydrogen-bond donors (Lipinski definition) is 2. The molecule has 0 spiro atoms. The average molecular weight is 349 g/mol. The zero-order valence-electron chi connectivity index (χ0n) is 12.4. The van der Waals surface area contributed by atoms with Gasteiger partial charge in [-0.3, -0.25) is 4.79 Å². The smallest absolute Gasteiger partial charge is 0.271 e. The van der Waals surface area contributed by atoms with Gasteiger partial charge in [0, 0.05) is 16.1 Å². The Hall–Kier alpha value is -2.04. The van der Waals surface area contributed by atoms with Crippen LogP contribution in [0.1, 0.15) is 33.5 Å². The number of aromatic hydroxyl groups is 1. The molecule has 0 unspecified atom stereocenters. The molecule has 3 rings (SSSR count). The minimum Gasteiger partial charge on any atom is -0.506 e. The normalized spacial score (nSPS) is 14.8. The first-order valence-corrected chi connectivity index (χ1v) is 7.86. The summed E-state index contributed by atoms with van der Waals surface area (Å²) in [4.78, 5) is 12.1. The molecular formula is C17H14Cl2N2O2. The van der Waals surface area contributed by atoms with Gasteiger partial charge < -0.3 is 5.11 Å². The van der Waals surface area contributed by atoms with Crippen molar-refractivity contribution in [3.8, 4) is 5.75 Å².